The van der Waals surface area contributed by atoms with E-state index in [1.54, 1.807) is 25.1 Å². The van der Waals surface area contributed by atoms with Crippen LogP contribution in [-0.4, -0.2) is 34.7 Å². The summed E-state index contributed by atoms with van der Waals surface area (Å²) < 4.78 is 147. The van der Waals surface area contributed by atoms with Crippen LogP contribution in [0, 0.1) is 6.92 Å². The summed E-state index contributed by atoms with van der Waals surface area (Å²) in [7, 11) is -22.0. The van der Waals surface area contributed by atoms with Crippen molar-refractivity contribution in [3.05, 3.63) is 29.8 Å². The van der Waals surface area contributed by atoms with Gasteiger partial charge in [-0.15, -0.1) is 0 Å². The zero-order valence-corrected chi connectivity index (χ0v) is 14.1. The van der Waals surface area contributed by atoms with E-state index in [4.69, 9.17) is 4.55 Å². The van der Waals surface area contributed by atoms with Crippen molar-refractivity contribution < 1.29 is 85.0 Å². The molecule has 0 aromatic heterocycles. The molecule has 0 atom stereocenters. The van der Waals surface area contributed by atoms with Crippen molar-refractivity contribution in [2.24, 2.45) is 0 Å². The molecule has 1 N–H and O–H groups in total. The molecule has 0 saturated heterocycles. The van der Waals surface area contributed by atoms with Crippen LogP contribution in [0.15, 0.2) is 29.2 Å². The Labute approximate surface area is 159 Å². The Balaban J connectivity index is -0.0000000896. The van der Waals surface area contributed by atoms with Crippen molar-refractivity contribution in [3.63, 3.8) is 0 Å². The number of hydrogen-bond donors (Lipinski definition) is 1. The Kier molecular flexibility index (Phi) is 16.6. The maximum atomic E-state index is 10.6. The molecule has 0 unspecified atom stereocenters. The Morgan fingerprint density at radius 1 is 0.741 bits per heavy atom. The molecule has 0 radical (unpaired) electrons. The van der Waals surface area contributed by atoms with Crippen molar-refractivity contribution >= 4 is 31.9 Å². The molecule has 0 aliphatic carbocycles. The normalized spacial score (nSPS) is 11.3. The molecule has 1 rings (SSSR count). The maximum absolute atomic E-state index is 10.6. The minimum Gasteiger partial charge on any atom is -1.00 e. The van der Waals surface area contributed by atoms with Crippen LogP contribution in [0.3, 0.4) is 0 Å². The molecule has 158 valence electrons. The summed E-state index contributed by atoms with van der Waals surface area (Å²) in [5, 5.41) is 0. The minimum absolute atomic E-state index is 0. The second-order valence-corrected chi connectivity index (χ2v) is 5.12. The molecule has 0 heterocycles. The third-order valence-corrected chi connectivity index (χ3v) is 2.39. The molecular weight excluding hydrogens is 431 g/mol. The van der Waals surface area contributed by atoms with E-state index in [9.17, 15) is 60.2 Å². The molecule has 20 heteroatoms. The molecule has 27 heavy (non-hydrogen) atoms. The van der Waals surface area contributed by atoms with Gasteiger partial charge in [-0.05, 0) is 18.6 Å². The zero-order valence-electron chi connectivity index (χ0n) is 14.2. The molecule has 0 aliphatic heterocycles. The predicted molar refractivity (Wildman–Crippen MR) is 72.7 cm³/mol. The maximum Gasteiger partial charge on any atom is 1.00 e. The first-order valence-corrected chi connectivity index (χ1v) is 7.11. The number of rotatable bonds is 1. The molecule has 0 fully saturated rings. The molecule has 0 spiro atoms. The first-order chi connectivity index (χ1) is 11.0. The minimum atomic E-state index is -6.00. The van der Waals surface area contributed by atoms with Crippen molar-refractivity contribution in [2.75, 3.05) is 0 Å². The molecule has 0 bridgehead atoms. The topological polar surface area (TPSA) is 54.4 Å². The molecule has 0 saturated carbocycles. The van der Waals surface area contributed by atoms with E-state index in [0.717, 1.165) is 0 Å². The summed E-state index contributed by atoms with van der Waals surface area (Å²) >= 11 is 0. The first-order valence-electron chi connectivity index (χ1n) is 5.67. The van der Waals surface area contributed by atoms with E-state index in [0.29, 0.717) is 5.56 Å². The van der Waals surface area contributed by atoms with E-state index in [-0.39, 0.29) is 25.2 Å². The van der Waals surface area contributed by atoms with E-state index >= 15 is 0 Å². The van der Waals surface area contributed by atoms with Crippen LogP contribution >= 0.6 is 0 Å². The number of halogens is 12. The van der Waals surface area contributed by atoms with Gasteiger partial charge in [0.15, 0.2) is 0 Å². The fourth-order valence-corrected chi connectivity index (χ4v) is 1.57. The summed E-state index contributed by atoms with van der Waals surface area (Å²) in [4.78, 5) is -0.0278. The SMILES string of the molecule is Cc1ccccc1S(=O)(=O)O.F[B-](F)(F)F.F[B-](F)(F)F.F[B-](F)(F)F.[H-].[Li+]. The van der Waals surface area contributed by atoms with Gasteiger partial charge >= 0.3 is 40.6 Å². The first kappa shape index (κ1) is 33.7. The third kappa shape index (κ3) is 51.7. The Hall–Kier alpha value is -0.918. The second-order valence-electron chi connectivity index (χ2n) is 3.73. The zero-order chi connectivity index (χ0) is 22.0. The Morgan fingerprint density at radius 3 is 1.11 bits per heavy atom. The summed E-state index contributed by atoms with van der Waals surface area (Å²) in [6.07, 6.45) is 0. The van der Waals surface area contributed by atoms with Crippen LogP contribution in [0.25, 0.3) is 0 Å². The number of benzene rings is 1. The van der Waals surface area contributed by atoms with Gasteiger partial charge in [0.2, 0.25) is 0 Å². The van der Waals surface area contributed by atoms with Crippen molar-refractivity contribution in [3.8, 4) is 0 Å². The van der Waals surface area contributed by atoms with Crippen LogP contribution in [0.2, 0.25) is 0 Å². The van der Waals surface area contributed by atoms with E-state index < -0.39 is 31.9 Å². The standard InChI is InChI=1S/C7H8O3S.3BF4.Li.H/c1-6-4-2-3-5-7(6)11(8,9)10;3*2-1(3,4)5;;/h2-5H,1H3,(H,8,9,10);;;;;/q;3*-1;+1;-1. The average Bonchev–Trinajstić information content (AvgIpc) is 2.20. The van der Waals surface area contributed by atoms with Gasteiger partial charge in [0.05, 0.1) is 4.90 Å². The van der Waals surface area contributed by atoms with E-state index in [1.807, 2.05) is 0 Å². The van der Waals surface area contributed by atoms with E-state index in [2.05, 4.69) is 0 Å². The van der Waals surface area contributed by atoms with Crippen LogP contribution in [0.5, 0.6) is 0 Å². The average molecular weight is 441 g/mol. The summed E-state index contributed by atoms with van der Waals surface area (Å²) in [6, 6.07) is 6.27. The van der Waals surface area contributed by atoms with Crippen molar-refractivity contribution in [1.29, 1.82) is 0 Å². The van der Waals surface area contributed by atoms with Crippen LogP contribution < -0.4 is 18.9 Å². The molecule has 3 nitrogen and oxygen atoms in total. The van der Waals surface area contributed by atoms with Crippen LogP contribution in [0.4, 0.5) is 51.8 Å². The number of hydrogen-bond acceptors (Lipinski definition) is 2. The Morgan fingerprint density at radius 2 is 0.963 bits per heavy atom. The van der Waals surface area contributed by atoms with Gasteiger partial charge in [-0.1, -0.05) is 18.2 Å². The fourth-order valence-electron chi connectivity index (χ4n) is 0.846. The van der Waals surface area contributed by atoms with Gasteiger partial charge < -0.3 is 53.2 Å². The quantitative estimate of drug-likeness (QED) is 0.414. The van der Waals surface area contributed by atoms with Crippen LogP contribution in [-0.2, 0) is 10.1 Å². The van der Waals surface area contributed by atoms with Gasteiger partial charge in [-0.3, -0.25) is 4.55 Å². The van der Waals surface area contributed by atoms with Gasteiger partial charge in [0.1, 0.15) is 0 Å². The van der Waals surface area contributed by atoms with Gasteiger partial charge in [0.25, 0.3) is 10.1 Å². The summed E-state index contributed by atoms with van der Waals surface area (Å²) in [6.45, 7) is 1.63. The van der Waals surface area contributed by atoms with Gasteiger partial charge in [-0.2, -0.15) is 8.42 Å². The monoisotopic (exact) mass is 441 g/mol. The third-order valence-electron chi connectivity index (χ3n) is 1.37. The van der Waals surface area contributed by atoms with Gasteiger partial charge in [0, 0.05) is 0 Å². The second kappa shape index (κ2) is 13.3. The molecule has 1 aromatic carbocycles. The smallest absolute Gasteiger partial charge is 1.00 e. The van der Waals surface area contributed by atoms with E-state index in [1.165, 1.54) is 6.07 Å². The molecule has 0 amide bonds. The fraction of sp³-hybridized carbons (Fsp3) is 0.143. The Bertz CT molecular complexity index is 578. The van der Waals surface area contributed by atoms with Gasteiger partial charge in [-0.25, -0.2) is 0 Å². The van der Waals surface area contributed by atoms with Crippen molar-refractivity contribution in [1.82, 2.24) is 0 Å². The van der Waals surface area contributed by atoms with Crippen LogP contribution in [0.1, 0.15) is 6.99 Å². The molecule has 1 aromatic rings. The molecular formula is C7H9B3F12LiO3S-3. The predicted octanol–water partition coefficient (Wildman–Crippen LogP) is 2.26. The summed E-state index contributed by atoms with van der Waals surface area (Å²) in [5.41, 5.74) is 0.551. The molecule has 0 aliphatic rings. The number of aryl methyl sites for hydroxylation is 1. The van der Waals surface area contributed by atoms with Crippen molar-refractivity contribution in [2.45, 2.75) is 11.8 Å². The largest absolute Gasteiger partial charge is 1.00 e. The summed E-state index contributed by atoms with van der Waals surface area (Å²) in [5.74, 6) is 0.